The molecule has 1 aliphatic heterocycles. The van der Waals surface area contributed by atoms with Crippen LogP contribution >= 0.6 is 11.6 Å². The minimum Gasteiger partial charge on any atom is -0.508 e. The van der Waals surface area contributed by atoms with E-state index in [0.717, 1.165) is 16.3 Å². The first-order valence-electron chi connectivity index (χ1n) is 11.2. The van der Waals surface area contributed by atoms with Gasteiger partial charge in [-0.2, -0.15) is 0 Å². The van der Waals surface area contributed by atoms with Gasteiger partial charge >= 0.3 is 0 Å². The van der Waals surface area contributed by atoms with E-state index in [1.54, 1.807) is 30.3 Å². The molecule has 0 aliphatic carbocycles. The normalized spacial score (nSPS) is 17.3. The third kappa shape index (κ3) is 4.27. The van der Waals surface area contributed by atoms with Gasteiger partial charge in [0.15, 0.2) is 0 Å². The molecule has 0 aromatic heterocycles. The molecule has 1 amide bonds. The molecule has 1 atom stereocenters. The summed E-state index contributed by atoms with van der Waals surface area (Å²) in [4.78, 5) is 28.0. The van der Waals surface area contributed by atoms with Gasteiger partial charge in [0.2, 0.25) is 0 Å². The minimum atomic E-state index is -0.790. The Morgan fingerprint density at radius 1 is 0.857 bits per heavy atom. The zero-order valence-electron chi connectivity index (χ0n) is 18.7. The van der Waals surface area contributed by atoms with Crippen molar-refractivity contribution in [1.29, 1.82) is 0 Å². The fourth-order valence-corrected chi connectivity index (χ4v) is 4.72. The zero-order valence-corrected chi connectivity index (χ0v) is 19.4. The second-order valence-corrected chi connectivity index (χ2v) is 8.92. The SMILES string of the molecule is O=C1C(=O)N(CCc2ccc(Cl)cc2)C(c2ccc(O)cc2)/C1=C(/O)c1cccc2ccccc12. The number of aromatic hydroxyl groups is 1. The Morgan fingerprint density at radius 2 is 1.54 bits per heavy atom. The monoisotopic (exact) mass is 483 g/mol. The molecule has 1 heterocycles. The van der Waals surface area contributed by atoms with Crippen LogP contribution in [0.5, 0.6) is 5.75 Å². The summed E-state index contributed by atoms with van der Waals surface area (Å²) in [6, 6.07) is 25.9. The molecule has 4 aromatic rings. The summed E-state index contributed by atoms with van der Waals surface area (Å²) in [5.74, 6) is -1.54. The summed E-state index contributed by atoms with van der Waals surface area (Å²) in [5.41, 5.74) is 2.12. The molecule has 0 spiro atoms. The quantitative estimate of drug-likeness (QED) is 0.211. The number of amides is 1. The fraction of sp³-hybridized carbons (Fsp3) is 0.103. The number of likely N-dealkylation sites (tertiary alicyclic amines) is 1. The van der Waals surface area contributed by atoms with Crippen molar-refractivity contribution in [1.82, 2.24) is 4.90 Å². The van der Waals surface area contributed by atoms with Crippen molar-refractivity contribution >= 4 is 39.8 Å². The number of phenols is 1. The maximum Gasteiger partial charge on any atom is 0.295 e. The maximum absolute atomic E-state index is 13.3. The number of phenolic OH excluding ortho intramolecular Hbond substituents is 1. The first kappa shape index (κ1) is 22.7. The maximum atomic E-state index is 13.3. The number of fused-ring (bicyclic) bond motifs is 1. The highest BCUT2D eigenvalue weighted by atomic mass is 35.5. The van der Waals surface area contributed by atoms with E-state index in [4.69, 9.17) is 11.6 Å². The first-order chi connectivity index (χ1) is 16.9. The van der Waals surface area contributed by atoms with Crippen LogP contribution in [0, 0.1) is 0 Å². The summed E-state index contributed by atoms with van der Waals surface area (Å²) in [7, 11) is 0. The predicted octanol–water partition coefficient (Wildman–Crippen LogP) is 5.86. The van der Waals surface area contributed by atoms with E-state index in [-0.39, 0.29) is 23.6 Å². The van der Waals surface area contributed by atoms with Crippen molar-refractivity contribution in [2.45, 2.75) is 12.5 Å². The van der Waals surface area contributed by atoms with E-state index in [0.29, 0.717) is 22.6 Å². The molecule has 1 unspecified atom stereocenters. The van der Waals surface area contributed by atoms with Crippen molar-refractivity contribution < 1.29 is 19.8 Å². The number of ketones is 1. The molecule has 0 radical (unpaired) electrons. The topological polar surface area (TPSA) is 77.8 Å². The smallest absolute Gasteiger partial charge is 0.295 e. The van der Waals surface area contributed by atoms with E-state index in [9.17, 15) is 19.8 Å². The lowest BCUT2D eigenvalue weighted by Gasteiger charge is -2.25. The molecule has 1 aliphatic rings. The first-order valence-corrected chi connectivity index (χ1v) is 11.6. The Hall–Kier alpha value is -4.09. The third-order valence-corrected chi connectivity index (χ3v) is 6.60. The van der Waals surface area contributed by atoms with Gasteiger partial charge in [-0.3, -0.25) is 9.59 Å². The summed E-state index contributed by atoms with van der Waals surface area (Å²) in [6.45, 7) is 0.268. The Kier molecular flexibility index (Phi) is 6.01. The summed E-state index contributed by atoms with van der Waals surface area (Å²) in [5, 5.41) is 23.6. The van der Waals surface area contributed by atoms with Gasteiger partial charge in [0.05, 0.1) is 11.6 Å². The molecule has 1 saturated heterocycles. The van der Waals surface area contributed by atoms with Crippen LogP contribution in [0.2, 0.25) is 5.02 Å². The number of aliphatic hydroxyl groups is 1. The number of nitrogens with zero attached hydrogens (tertiary/aromatic N) is 1. The van der Waals surface area contributed by atoms with Crippen LogP contribution in [-0.2, 0) is 16.0 Å². The van der Waals surface area contributed by atoms with E-state index in [2.05, 4.69) is 0 Å². The Labute approximate surface area is 207 Å². The van der Waals surface area contributed by atoms with Crippen LogP contribution < -0.4 is 0 Å². The summed E-state index contributed by atoms with van der Waals surface area (Å²) < 4.78 is 0. The van der Waals surface area contributed by atoms with Crippen molar-refractivity contribution in [3.63, 3.8) is 0 Å². The largest absolute Gasteiger partial charge is 0.508 e. The number of aliphatic hydroxyl groups excluding tert-OH is 1. The zero-order chi connectivity index (χ0) is 24.5. The van der Waals surface area contributed by atoms with Gasteiger partial charge in [0, 0.05) is 17.1 Å². The van der Waals surface area contributed by atoms with Crippen molar-refractivity contribution in [2.75, 3.05) is 6.54 Å². The Bertz CT molecular complexity index is 1450. The van der Waals surface area contributed by atoms with Gasteiger partial charge in [0.25, 0.3) is 11.7 Å². The van der Waals surface area contributed by atoms with Crippen molar-refractivity contribution in [3.05, 3.63) is 118 Å². The van der Waals surface area contributed by atoms with Gasteiger partial charge in [-0.25, -0.2) is 0 Å². The second kappa shape index (κ2) is 9.28. The van der Waals surface area contributed by atoms with Gasteiger partial charge in [0.1, 0.15) is 11.5 Å². The summed E-state index contributed by atoms with van der Waals surface area (Å²) >= 11 is 5.99. The molecule has 4 aromatic carbocycles. The molecule has 174 valence electrons. The lowest BCUT2D eigenvalue weighted by molar-refractivity contribution is -0.139. The molecule has 6 heteroatoms. The average molecular weight is 484 g/mol. The highest BCUT2D eigenvalue weighted by Gasteiger charge is 2.46. The molecular weight excluding hydrogens is 462 g/mol. The molecule has 35 heavy (non-hydrogen) atoms. The number of rotatable bonds is 5. The molecule has 1 fully saturated rings. The predicted molar refractivity (Wildman–Crippen MR) is 136 cm³/mol. The number of carbonyl (C=O) groups excluding carboxylic acids is 2. The standard InChI is InChI=1S/C29H22ClNO4/c30-21-12-8-18(9-13-21)16-17-31-26(20-10-14-22(32)15-11-20)25(28(34)29(31)35)27(33)24-7-3-5-19-4-1-2-6-23(19)24/h1-15,26,32-33H,16-17H2/b27-25-. The molecule has 2 N–H and O–H groups in total. The molecule has 0 bridgehead atoms. The molecule has 5 rings (SSSR count). The van der Waals surface area contributed by atoms with Crippen LogP contribution in [0.3, 0.4) is 0 Å². The van der Waals surface area contributed by atoms with Crippen LogP contribution in [0.1, 0.15) is 22.7 Å². The molecule has 0 saturated carbocycles. The second-order valence-electron chi connectivity index (χ2n) is 8.49. The van der Waals surface area contributed by atoms with Gasteiger partial charge in [-0.05, 0) is 52.6 Å². The number of benzene rings is 4. The molecule has 5 nitrogen and oxygen atoms in total. The van der Waals surface area contributed by atoms with E-state index in [1.165, 1.54) is 17.0 Å². The van der Waals surface area contributed by atoms with E-state index in [1.807, 2.05) is 48.5 Å². The van der Waals surface area contributed by atoms with E-state index >= 15 is 0 Å². The number of halogens is 1. The Balaban J connectivity index is 1.62. The fourth-order valence-electron chi connectivity index (χ4n) is 4.59. The number of carbonyl (C=O) groups is 2. The lowest BCUT2D eigenvalue weighted by atomic mass is 9.93. The van der Waals surface area contributed by atoms with Crippen molar-refractivity contribution in [2.24, 2.45) is 0 Å². The van der Waals surface area contributed by atoms with E-state index < -0.39 is 17.7 Å². The van der Waals surface area contributed by atoms with Crippen LogP contribution in [0.25, 0.3) is 16.5 Å². The van der Waals surface area contributed by atoms with Gasteiger partial charge in [-0.1, -0.05) is 78.3 Å². The lowest BCUT2D eigenvalue weighted by Crippen LogP contribution is -2.31. The number of Topliss-reactive ketones (excluding diaryl/α,β-unsaturated/α-hetero) is 1. The number of hydrogen-bond acceptors (Lipinski definition) is 4. The van der Waals surface area contributed by atoms with Gasteiger partial charge < -0.3 is 15.1 Å². The van der Waals surface area contributed by atoms with Crippen LogP contribution in [0.15, 0.2) is 96.6 Å². The third-order valence-electron chi connectivity index (χ3n) is 6.35. The molecular formula is C29H22ClNO4. The van der Waals surface area contributed by atoms with Crippen molar-refractivity contribution in [3.8, 4) is 5.75 Å². The highest BCUT2D eigenvalue weighted by molar-refractivity contribution is 6.46. The number of hydrogen-bond donors (Lipinski definition) is 2. The van der Waals surface area contributed by atoms with Crippen LogP contribution in [-0.4, -0.2) is 33.3 Å². The summed E-state index contributed by atoms with van der Waals surface area (Å²) in [6.07, 6.45) is 0.507. The average Bonchev–Trinajstić information content (AvgIpc) is 3.13. The minimum absolute atomic E-state index is 0.0353. The van der Waals surface area contributed by atoms with Crippen LogP contribution in [0.4, 0.5) is 0 Å². The Morgan fingerprint density at radius 3 is 2.29 bits per heavy atom. The van der Waals surface area contributed by atoms with Gasteiger partial charge in [-0.15, -0.1) is 0 Å². The highest BCUT2D eigenvalue weighted by Crippen LogP contribution is 2.41.